The monoisotopic (exact) mass is 473 g/mol. The van der Waals surface area contributed by atoms with Gasteiger partial charge in [0.15, 0.2) is 0 Å². The second kappa shape index (κ2) is 12.3. The highest BCUT2D eigenvalue weighted by Crippen LogP contribution is 2.35. The fraction of sp³-hybridized carbons (Fsp3) is 0.667. The van der Waals surface area contributed by atoms with Crippen molar-refractivity contribution in [3.63, 3.8) is 0 Å². The Bertz CT molecular complexity index is 809. The molecular weight excluding hydrogens is 430 g/mol. The summed E-state index contributed by atoms with van der Waals surface area (Å²) >= 11 is 0. The van der Waals surface area contributed by atoms with Crippen LogP contribution in [0.3, 0.4) is 0 Å². The van der Waals surface area contributed by atoms with Gasteiger partial charge in [-0.3, -0.25) is 14.4 Å². The number of nitrogens with one attached hydrogen (secondary N) is 1. The molecule has 1 N–H and O–H groups in total. The molecule has 1 saturated carbocycles. The first-order valence-electron chi connectivity index (χ1n) is 12.4. The molecule has 0 radical (unpaired) electrons. The predicted octanol–water partition coefficient (Wildman–Crippen LogP) is 3.56. The Morgan fingerprint density at radius 3 is 2.21 bits per heavy atom. The summed E-state index contributed by atoms with van der Waals surface area (Å²) in [5, 5.41) is 3.16. The molecule has 0 atom stereocenters. The first-order valence-corrected chi connectivity index (χ1v) is 12.4. The topological polar surface area (TPSA) is 78.9 Å². The van der Waals surface area contributed by atoms with Crippen molar-refractivity contribution in [3.05, 3.63) is 35.9 Å². The van der Waals surface area contributed by atoms with Crippen LogP contribution in [0, 0.1) is 0 Å². The van der Waals surface area contributed by atoms with Gasteiger partial charge in [0, 0.05) is 31.5 Å². The van der Waals surface area contributed by atoms with Crippen LogP contribution in [0.4, 0.5) is 0 Å². The maximum atomic E-state index is 12.5. The molecule has 1 aliphatic rings. The van der Waals surface area contributed by atoms with Gasteiger partial charge in [-0.2, -0.15) is 0 Å². The Balaban J connectivity index is 1.72. The van der Waals surface area contributed by atoms with Gasteiger partial charge in [-0.15, -0.1) is 0 Å². The zero-order valence-electron chi connectivity index (χ0n) is 21.9. The van der Waals surface area contributed by atoms with Gasteiger partial charge in [0.25, 0.3) is 0 Å². The Kier molecular flexibility index (Phi) is 10.1. The molecule has 7 nitrogen and oxygen atoms in total. The van der Waals surface area contributed by atoms with Crippen LogP contribution >= 0.6 is 0 Å². The SMILES string of the molecule is CN(CC(=O)OC(C)(C)C)C(=O)CCCC(=O)NC1CCC(Cc2ccccc2)(N(C)C)CC1. The van der Waals surface area contributed by atoms with Gasteiger partial charge in [-0.25, -0.2) is 0 Å². The van der Waals surface area contributed by atoms with Gasteiger partial charge in [0.2, 0.25) is 11.8 Å². The Morgan fingerprint density at radius 1 is 1.03 bits per heavy atom. The summed E-state index contributed by atoms with van der Waals surface area (Å²) in [5.74, 6) is -0.597. The standard InChI is InChI=1S/C27H43N3O4/c1-26(2,3)34-25(33)20-30(6)24(32)14-10-13-23(31)28-22-15-17-27(18-16-22,29(4)5)19-21-11-8-7-9-12-21/h7-9,11-12,22H,10,13-20H2,1-6H3,(H,28,31). The van der Waals surface area contributed by atoms with E-state index in [1.807, 2.05) is 6.07 Å². The van der Waals surface area contributed by atoms with Crippen molar-refractivity contribution in [1.82, 2.24) is 15.1 Å². The van der Waals surface area contributed by atoms with Crippen LogP contribution in [0.25, 0.3) is 0 Å². The average molecular weight is 474 g/mol. The second-order valence-electron chi connectivity index (χ2n) is 10.8. The number of ether oxygens (including phenoxy) is 1. The largest absolute Gasteiger partial charge is 0.459 e. The lowest BCUT2D eigenvalue weighted by Gasteiger charge is -2.45. The van der Waals surface area contributed by atoms with Crippen LogP contribution in [0.5, 0.6) is 0 Å². The zero-order valence-corrected chi connectivity index (χ0v) is 21.9. The summed E-state index contributed by atoms with van der Waals surface area (Å²) < 4.78 is 5.25. The normalized spacial score (nSPS) is 20.6. The van der Waals surface area contributed by atoms with Crippen LogP contribution in [-0.2, 0) is 25.5 Å². The van der Waals surface area contributed by atoms with Crippen molar-refractivity contribution in [2.75, 3.05) is 27.7 Å². The van der Waals surface area contributed by atoms with Crippen LogP contribution in [0.2, 0.25) is 0 Å². The lowest BCUT2D eigenvalue weighted by molar-refractivity contribution is -0.158. The lowest BCUT2D eigenvalue weighted by Crippen LogP contribution is -2.52. The number of likely N-dealkylation sites (N-methyl/N-ethyl adjacent to an activating group) is 2. The molecule has 2 rings (SSSR count). The third-order valence-electron chi connectivity index (χ3n) is 6.61. The van der Waals surface area contributed by atoms with Crippen LogP contribution in [0.1, 0.15) is 71.3 Å². The number of benzene rings is 1. The molecule has 7 heteroatoms. The van der Waals surface area contributed by atoms with Crippen LogP contribution < -0.4 is 5.32 Å². The van der Waals surface area contributed by atoms with E-state index in [0.717, 1.165) is 32.1 Å². The highest BCUT2D eigenvalue weighted by atomic mass is 16.6. The number of hydrogen-bond donors (Lipinski definition) is 1. The molecule has 1 fully saturated rings. The van der Waals surface area contributed by atoms with Crippen molar-refractivity contribution >= 4 is 17.8 Å². The molecule has 1 aromatic carbocycles. The molecule has 0 aliphatic heterocycles. The molecule has 0 aromatic heterocycles. The quantitative estimate of drug-likeness (QED) is 0.526. The van der Waals surface area contributed by atoms with Crippen molar-refractivity contribution in [1.29, 1.82) is 0 Å². The minimum atomic E-state index is -0.577. The molecule has 1 aromatic rings. The highest BCUT2D eigenvalue weighted by Gasteiger charge is 2.37. The minimum Gasteiger partial charge on any atom is -0.459 e. The summed E-state index contributed by atoms with van der Waals surface area (Å²) in [7, 11) is 5.89. The molecule has 0 bridgehead atoms. The number of amides is 2. The summed E-state index contributed by atoms with van der Waals surface area (Å²) in [5.41, 5.74) is 0.889. The molecule has 2 amide bonds. The Morgan fingerprint density at radius 2 is 1.65 bits per heavy atom. The number of hydrogen-bond acceptors (Lipinski definition) is 5. The molecular formula is C27H43N3O4. The fourth-order valence-corrected chi connectivity index (χ4v) is 4.60. The van der Waals surface area contributed by atoms with E-state index < -0.39 is 11.6 Å². The van der Waals surface area contributed by atoms with Crippen molar-refractivity contribution in [2.24, 2.45) is 0 Å². The summed E-state index contributed by atoms with van der Waals surface area (Å²) in [6.45, 7) is 5.30. The Labute approximate surface area is 205 Å². The van der Waals surface area contributed by atoms with Crippen LogP contribution in [0.15, 0.2) is 30.3 Å². The maximum absolute atomic E-state index is 12.5. The van der Waals surface area contributed by atoms with Gasteiger partial charge >= 0.3 is 5.97 Å². The summed E-state index contributed by atoms with van der Waals surface area (Å²) in [6.07, 6.45) is 6.00. The third kappa shape index (κ3) is 9.09. The average Bonchev–Trinajstić information content (AvgIpc) is 2.74. The van der Waals surface area contributed by atoms with E-state index in [1.165, 1.54) is 10.5 Å². The first-order chi connectivity index (χ1) is 15.9. The second-order valence-corrected chi connectivity index (χ2v) is 10.8. The van der Waals surface area contributed by atoms with Crippen molar-refractivity contribution in [2.45, 2.75) is 89.3 Å². The number of nitrogens with zero attached hydrogens (tertiary/aromatic N) is 2. The number of rotatable bonds is 10. The third-order valence-corrected chi connectivity index (χ3v) is 6.61. The van der Waals surface area contributed by atoms with E-state index >= 15 is 0 Å². The van der Waals surface area contributed by atoms with Crippen molar-refractivity contribution in [3.8, 4) is 0 Å². The van der Waals surface area contributed by atoms with Gasteiger partial charge in [0.1, 0.15) is 12.1 Å². The van der Waals surface area contributed by atoms with E-state index in [0.29, 0.717) is 12.8 Å². The minimum absolute atomic E-state index is 0.00647. The highest BCUT2D eigenvalue weighted by molar-refractivity contribution is 5.82. The fourth-order valence-electron chi connectivity index (χ4n) is 4.60. The van der Waals surface area contributed by atoms with Gasteiger partial charge in [-0.1, -0.05) is 30.3 Å². The molecule has 0 heterocycles. The van der Waals surface area contributed by atoms with Crippen LogP contribution in [-0.4, -0.2) is 72.5 Å². The summed E-state index contributed by atoms with van der Waals surface area (Å²) in [6, 6.07) is 10.8. The van der Waals surface area contributed by atoms with Gasteiger partial charge < -0.3 is 19.9 Å². The first kappa shape index (κ1) is 27.8. The number of carbonyl (C=O) groups is 3. The Hall–Kier alpha value is -2.41. The predicted molar refractivity (Wildman–Crippen MR) is 134 cm³/mol. The zero-order chi connectivity index (χ0) is 25.4. The molecule has 1 aliphatic carbocycles. The number of carbonyl (C=O) groups excluding carboxylic acids is 3. The maximum Gasteiger partial charge on any atom is 0.326 e. The van der Waals surface area contributed by atoms with Gasteiger partial charge in [-0.05, 0) is 79.0 Å². The van der Waals surface area contributed by atoms with Gasteiger partial charge in [0.05, 0.1) is 0 Å². The molecule has 190 valence electrons. The molecule has 0 spiro atoms. The summed E-state index contributed by atoms with van der Waals surface area (Å²) in [4.78, 5) is 40.3. The van der Waals surface area contributed by atoms with E-state index in [4.69, 9.17) is 4.74 Å². The smallest absolute Gasteiger partial charge is 0.326 e. The number of esters is 1. The van der Waals surface area contributed by atoms with Crippen molar-refractivity contribution < 1.29 is 19.1 Å². The molecule has 0 unspecified atom stereocenters. The lowest BCUT2D eigenvalue weighted by atomic mass is 9.75. The molecule has 34 heavy (non-hydrogen) atoms. The molecule has 0 saturated heterocycles. The van der Waals surface area contributed by atoms with E-state index in [1.54, 1.807) is 27.8 Å². The van der Waals surface area contributed by atoms with E-state index in [-0.39, 0.29) is 36.4 Å². The van der Waals surface area contributed by atoms with E-state index in [2.05, 4.69) is 48.6 Å². The van der Waals surface area contributed by atoms with E-state index in [9.17, 15) is 14.4 Å².